The Morgan fingerprint density at radius 1 is 1.10 bits per heavy atom. The molecule has 0 bridgehead atoms. The molecule has 0 spiro atoms. The quantitative estimate of drug-likeness (QED) is 0.713. The van der Waals surface area contributed by atoms with Gasteiger partial charge in [-0.2, -0.15) is 0 Å². The normalized spacial score (nSPS) is 17.4. The largest absolute Gasteiger partial charge is 0.478 e. The molecule has 2 aromatic carbocycles. The number of furan rings is 1. The standard InChI is InChI=1S/C17H15NO2/c1-11-6-7-13-15(8-11)20-17(10-18-13)16-9-12-4-2-3-5-14(12)19-16/h2-9,17-18H,10H2,1H3. The Hall–Kier alpha value is -2.42. The summed E-state index contributed by atoms with van der Waals surface area (Å²) in [6, 6.07) is 16.3. The zero-order valence-corrected chi connectivity index (χ0v) is 11.2. The van der Waals surface area contributed by atoms with Gasteiger partial charge in [-0.1, -0.05) is 24.3 Å². The SMILES string of the molecule is Cc1ccc2c(c1)OC(c1cc3ccccc3o1)CN2. The summed E-state index contributed by atoms with van der Waals surface area (Å²) in [5.41, 5.74) is 3.14. The highest BCUT2D eigenvalue weighted by Gasteiger charge is 2.23. The molecule has 0 saturated carbocycles. The molecule has 100 valence electrons. The van der Waals surface area contributed by atoms with E-state index in [-0.39, 0.29) is 6.10 Å². The maximum Gasteiger partial charge on any atom is 0.173 e. The number of aryl methyl sites for hydroxylation is 1. The predicted octanol–water partition coefficient (Wildman–Crippen LogP) is 4.29. The van der Waals surface area contributed by atoms with Gasteiger partial charge in [0.15, 0.2) is 6.10 Å². The molecule has 2 heterocycles. The van der Waals surface area contributed by atoms with Crippen molar-refractivity contribution in [1.82, 2.24) is 0 Å². The van der Waals surface area contributed by atoms with E-state index >= 15 is 0 Å². The molecule has 0 amide bonds. The topological polar surface area (TPSA) is 34.4 Å². The molecule has 1 aliphatic rings. The molecule has 0 radical (unpaired) electrons. The maximum absolute atomic E-state index is 6.07. The van der Waals surface area contributed by atoms with Gasteiger partial charge in [-0.3, -0.25) is 0 Å². The Labute approximate surface area is 117 Å². The number of para-hydroxylation sites is 1. The molecular formula is C17H15NO2. The number of hydrogen-bond acceptors (Lipinski definition) is 3. The smallest absolute Gasteiger partial charge is 0.173 e. The molecule has 0 saturated heterocycles. The molecule has 1 unspecified atom stereocenters. The first kappa shape index (κ1) is 11.4. The van der Waals surface area contributed by atoms with Crippen LogP contribution in [0.3, 0.4) is 0 Å². The molecule has 1 N–H and O–H groups in total. The van der Waals surface area contributed by atoms with Gasteiger partial charge < -0.3 is 14.5 Å². The predicted molar refractivity (Wildman–Crippen MR) is 79.3 cm³/mol. The lowest BCUT2D eigenvalue weighted by atomic mass is 10.1. The summed E-state index contributed by atoms with van der Waals surface area (Å²) in [5, 5.41) is 4.51. The fourth-order valence-electron chi connectivity index (χ4n) is 2.59. The number of ether oxygens (including phenoxy) is 1. The minimum atomic E-state index is -0.0864. The van der Waals surface area contributed by atoms with Crippen molar-refractivity contribution in [3.05, 3.63) is 59.9 Å². The van der Waals surface area contributed by atoms with Gasteiger partial charge in [0.2, 0.25) is 0 Å². The van der Waals surface area contributed by atoms with Crippen molar-refractivity contribution in [2.24, 2.45) is 0 Å². The summed E-state index contributed by atoms with van der Waals surface area (Å²) in [7, 11) is 0. The average Bonchev–Trinajstić information content (AvgIpc) is 2.90. The molecule has 1 aliphatic heterocycles. The Morgan fingerprint density at radius 3 is 2.90 bits per heavy atom. The Bertz CT molecular complexity index is 743. The Kier molecular flexibility index (Phi) is 2.46. The molecule has 4 rings (SSSR count). The first-order valence-electron chi connectivity index (χ1n) is 6.79. The zero-order chi connectivity index (χ0) is 13.5. The highest BCUT2D eigenvalue weighted by atomic mass is 16.5. The van der Waals surface area contributed by atoms with Crippen molar-refractivity contribution in [1.29, 1.82) is 0 Å². The molecular weight excluding hydrogens is 250 g/mol. The third-order valence-corrected chi connectivity index (χ3v) is 3.65. The zero-order valence-electron chi connectivity index (χ0n) is 11.2. The summed E-state index contributed by atoms with van der Waals surface area (Å²) in [6.45, 7) is 2.78. The van der Waals surface area contributed by atoms with E-state index in [0.29, 0.717) is 0 Å². The van der Waals surface area contributed by atoms with Crippen LogP contribution in [-0.2, 0) is 0 Å². The van der Waals surface area contributed by atoms with Gasteiger partial charge in [-0.15, -0.1) is 0 Å². The summed E-state index contributed by atoms with van der Waals surface area (Å²) >= 11 is 0. The van der Waals surface area contributed by atoms with E-state index < -0.39 is 0 Å². The van der Waals surface area contributed by atoms with Crippen molar-refractivity contribution in [2.75, 3.05) is 11.9 Å². The van der Waals surface area contributed by atoms with Crippen LogP contribution < -0.4 is 10.1 Å². The number of rotatable bonds is 1. The van der Waals surface area contributed by atoms with Crippen LogP contribution in [0.5, 0.6) is 5.75 Å². The van der Waals surface area contributed by atoms with Crippen molar-refractivity contribution in [3.8, 4) is 5.75 Å². The monoisotopic (exact) mass is 265 g/mol. The van der Waals surface area contributed by atoms with Gasteiger partial charge >= 0.3 is 0 Å². The second kappa shape index (κ2) is 4.30. The highest BCUT2D eigenvalue weighted by Crippen LogP contribution is 2.36. The lowest BCUT2D eigenvalue weighted by molar-refractivity contribution is 0.183. The first-order chi connectivity index (χ1) is 9.79. The maximum atomic E-state index is 6.07. The van der Waals surface area contributed by atoms with Crippen LogP contribution in [0, 0.1) is 6.92 Å². The van der Waals surface area contributed by atoms with Crippen LogP contribution in [0.25, 0.3) is 11.0 Å². The number of fused-ring (bicyclic) bond motifs is 2. The Morgan fingerprint density at radius 2 is 2.00 bits per heavy atom. The molecule has 20 heavy (non-hydrogen) atoms. The summed E-state index contributed by atoms with van der Waals surface area (Å²) in [6.07, 6.45) is -0.0864. The number of benzene rings is 2. The summed E-state index contributed by atoms with van der Waals surface area (Å²) < 4.78 is 12.0. The molecule has 1 aromatic heterocycles. The fourth-order valence-corrected chi connectivity index (χ4v) is 2.59. The summed E-state index contributed by atoms with van der Waals surface area (Å²) in [4.78, 5) is 0. The van der Waals surface area contributed by atoms with Crippen LogP contribution in [0.4, 0.5) is 5.69 Å². The molecule has 0 aliphatic carbocycles. The molecule has 3 nitrogen and oxygen atoms in total. The van der Waals surface area contributed by atoms with E-state index in [0.717, 1.165) is 34.7 Å². The molecule has 1 atom stereocenters. The van der Waals surface area contributed by atoms with Gasteiger partial charge in [0.25, 0.3) is 0 Å². The van der Waals surface area contributed by atoms with Crippen molar-refractivity contribution in [2.45, 2.75) is 13.0 Å². The second-order valence-corrected chi connectivity index (χ2v) is 5.17. The lowest BCUT2D eigenvalue weighted by Gasteiger charge is -2.26. The van der Waals surface area contributed by atoms with Gasteiger partial charge in [0, 0.05) is 5.39 Å². The minimum absolute atomic E-state index is 0.0864. The van der Waals surface area contributed by atoms with Gasteiger partial charge in [-0.05, 0) is 36.8 Å². The van der Waals surface area contributed by atoms with Gasteiger partial charge in [-0.25, -0.2) is 0 Å². The summed E-state index contributed by atoms with van der Waals surface area (Å²) in [5.74, 6) is 1.76. The number of nitrogens with one attached hydrogen (secondary N) is 1. The van der Waals surface area contributed by atoms with Gasteiger partial charge in [0.05, 0.1) is 12.2 Å². The van der Waals surface area contributed by atoms with Crippen LogP contribution >= 0.6 is 0 Å². The van der Waals surface area contributed by atoms with E-state index in [4.69, 9.17) is 9.15 Å². The third kappa shape index (κ3) is 1.83. The number of anilines is 1. The highest BCUT2D eigenvalue weighted by molar-refractivity contribution is 5.77. The minimum Gasteiger partial charge on any atom is -0.478 e. The van der Waals surface area contributed by atoms with Crippen molar-refractivity contribution >= 4 is 16.7 Å². The van der Waals surface area contributed by atoms with E-state index in [9.17, 15) is 0 Å². The van der Waals surface area contributed by atoms with E-state index in [1.165, 1.54) is 5.56 Å². The fraction of sp³-hybridized carbons (Fsp3) is 0.176. The third-order valence-electron chi connectivity index (χ3n) is 3.65. The van der Waals surface area contributed by atoms with Crippen LogP contribution in [0.15, 0.2) is 52.9 Å². The molecule has 0 fully saturated rings. The average molecular weight is 265 g/mol. The lowest BCUT2D eigenvalue weighted by Crippen LogP contribution is -2.23. The van der Waals surface area contributed by atoms with Crippen LogP contribution in [0.2, 0.25) is 0 Å². The van der Waals surface area contributed by atoms with Crippen molar-refractivity contribution < 1.29 is 9.15 Å². The van der Waals surface area contributed by atoms with E-state index in [1.54, 1.807) is 0 Å². The van der Waals surface area contributed by atoms with Gasteiger partial charge in [0.1, 0.15) is 17.1 Å². The first-order valence-corrected chi connectivity index (χ1v) is 6.79. The second-order valence-electron chi connectivity index (χ2n) is 5.17. The van der Waals surface area contributed by atoms with Crippen LogP contribution in [0.1, 0.15) is 17.4 Å². The van der Waals surface area contributed by atoms with E-state index in [2.05, 4.69) is 42.6 Å². The van der Waals surface area contributed by atoms with E-state index in [1.807, 2.05) is 18.2 Å². The number of hydrogen-bond donors (Lipinski definition) is 1. The molecule has 3 heteroatoms. The van der Waals surface area contributed by atoms with Crippen LogP contribution in [-0.4, -0.2) is 6.54 Å². The molecule has 3 aromatic rings. The Balaban J connectivity index is 1.70. The van der Waals surface area contributed by atoms with Crippen molar-refractivity contribution in [3.63, 3.8) is 0 Å².